The standard InChI is InChI=1S/C9H7F5O4S2/c1-20(16,17)7-4-3(2-8(10,11)5(4)15)6(19-7)18-9(12,13)14/h5,15H,2H2,1H3/t5-/m0/s1. The largest absolute Gasteiger partial charge is 0.573 e. The van der Waals surface area contributed by atoms with E-state index in [9.17, 15) is 35.5 Å². The van der Waals surface area contributed by atoms with Crippen molar-refractivity contribution >= 4 is 21.2 Å². The Balaban J connectivity index is 2.63. The lowest BCUT2D eigenvalue weighted by molar-refractivity contribution is -0.273. The average molecular weight is 338 g/mol. The quantitative estimate of drug-likeness (QED) is 0.841. The van der Waals surface area contributed by atoms with Gasteiger partial charge in [-0.05, 0) is 0 Å². The number of halogens is 5. The molecule has 1 atom stereocenters. The summed E-state index contributed by atoms with van der Waals surface area (Å²) in [7, 11) is -4.07. The average Bonchev–Trinajstić information content (AvgIpc) is 2.62. The Hall–Kier alpha value is -0.940. The highest BCUT2D eigenvalue weighted by molar-refractivity contribution is 7.92. The Morgan fingerprint density at radius 1 is 1.40 bits per heavy atom. The summed E-state index contributed by atoms with van der Waals surface area (Å²) in [5.74, 6) is -3.73. The van der Waals surface area contributed by atoms with Crippen molar-refractivity contribution < 1.29 is 40.2 Å². The fourth-order valence-electron chi connectivity index (χ4n) is 1.88. The van der Waals surface area contributed by atoms with Crippen molar-refractivity contribution in [1.82, 2.24) is 0 Å². The van der Waals surface area contributed by atoms with Crippen LogP contribution in [0.2, 0.25) is 0 Å². The van der Waals surface area contributed by atoms with Crippen LogP contribution in [0, 0.1) is 0 Å². The maximum Gasteiger partial charge on any atom is 0.573 e. The Morgan fingerprint density at radius 3 is 2.40 bits per heavy atom. The minimum absolute atomic E-state index is 0.0767. The van der Waals surface area contributed by atoms with Crippen molar-refractivity contribution in [3.63, 3.8) is 0 Å². The van der Waals surface area contributed by atoms with Crippen LogP contribution in [0.15, 0.2) is 4.21 Å². The fraction of sp³-hybridized carbons (Fsp3) is 0.556. The zero-order chi connectivity index (χ0) is 15.5. The van der Waals surface area contributed by atoms with Crippen molar-refractivity contribution in [3.05, 3.63) is 11.1 Å². The molecule has 0 aliphatic heterocycles. The molecule has 1 aliphatic rings. The van der Waals surface area contributed by atoms with Gasteiger partial charge in [0.15, 0.2) is 14.9 Å². The third kappa shape index (κ3) is 2.61. The first-order chi connectivity index (χ1) is 8.83. The van der Waals surface area contributed by atoms with Gasteiger partial charge in [0.2, 0.25) is 0 Å². The van der Waals surface area contributed by atoms with Gasteiger partial charge < -0.3 is 9.84 Å². The van der Waals surface area contributed by atoms with Crippen molar-refractivity contribution in [2.24, 2.45) is 0 Å². The van der Waals surface area contributed by atoms with Crippen molar-refractivity contribution in [1.29, 1.82) is 0 Å². The van der Waals surface area contributed by atoms with Crippen LogP contribution >= 0.6 is 11.3 Å². The van der Waals surface area contributed by atoms with Gasteiger partial charge in [-0.15, -0.1) is 13.2 Å². The van der Waals surface area contributed by atoms with Crippen LogP contribution in [0.5, 0.6) is 5.06 Å². The minimum Gasteiger partial charge on any atom is -0.395 e. The Kier molecular flexibility index (Phi) is 3.30. The maximum atomic E-state index is 13.4. The first-order valence-electron chi connectivity index (χ1n) is 5.00. The summed E-state index contributed by atoms with van der Waals surface area (Å²) < 4.78 is 89.0. The van der Waals surface area contributed by atoms with E-state index in [0.717, 1.165) is 0 Å². The number of aliphatic hydroxyl groups is 1. The van der Waals surface area contributed by atoms with Crippen molar-refractivity contribution in [2.75, 3.05) is 6.26 Å². The van der Waals surface area contributed by atoms with E-state index in [1.807, 2.05) is 0 Å². The molecule has 0 fully saturated rings. The van der Waals surface area contributed by atoms with Gasteiger partial charge in [-0.25, -0.2) is 17.2 Å². The monoisotopic (exact) mass is 338 g/mol. The minimum atomic E-state index is -5.14. The molecule has 0 spiro atoms. The summed E-state index contributed by atoms with van der Waals surface area (Å²) in [5, 5.41) is 8.44. The highest BCUT2D eigenvalue weighted by atomic mass is 32.2. The number of fused-ring (bicyclic) bond motifs is 1. The predicted octanol–water partition coefficient (Wildman–Crippen LogP) is 2.28. The third-order valence-corrected chi connectivity index (χ3v) is 5.58. The molecule has 1 aromatic heterocycles. The molecule has 1 N–H and O–H groups in total. The van der Waals surface area contributed by atoms with Crippen LogP contribution in [0.3, 0.4) is 0 Å². The highest BCUT2D eigenvalue weighted by Crippen LogP contribution is 2.54. The summed E-state index contributed by atoms with van der Waals surface area (Å²) in [6.45, 7) is 0. The molecule has 4 nitrogen and oxygen atoms in total. The molecule has 20 heavy (non-hydrogen) atoms. The van der Waals surface area contributed by atoms with E-state index < -0.39 is 55.0 Å². The molecule has 1 aromatic rings. The summed E-state index contributed by atoms with van der Waals surface area (Å²) in [4.78, 5) is 0. The second-order valence-corrected chi connectivity index (χ2v) is 7.42. The molecule has 1 aliphatic carbocycles. The predicted molar refractivity (Wildman–Crippen MR) is 57.7 cm³/mol. The number of aliphatic hydroxyl groups excluding tert-OH is 1. The second kappa shape index (κ2) is 4.28. The molecule has 1 heterocycles. The normalized spacial score (nSPS) is 21.9. The summed E-state index contributed by atoms with van der Waals surface area (Å²) in [6.07, 6.45) is -8.17. The van der Waals surface area contributed by atoms with E-state index >= 15 is 0 Å². The zero-order valence-corrected chi connectivity index (χ0v) is 11.3. The molecule has 114 valence electrons. The first-order valence-corrected chi connectivity index (χ1v) is 7.71. The molecule has 0 saturated carbocycles. The molecular formula is C9H7F5O4S2. The number of alkyl halides is 5. The molecule has 0 radical (unpaired) electrons. The third-order valence-electron chi connectivity index (χ3n) is 2.61. The van der Waals surface area contributed by atoms with Crippen LogP contribution in [-0.2, 0) is 16.3 Å². The molecule has 0 aromatic carbocycles. The molecule has 0 bridgehead atoms. The van der Waals surface area contributed by atoms with E-state index in [-0.39, 0.29) is 11.3 Å². The number of sulfone groups is 1. The van der Waals surface area contributed by atoms with Crippen molar-refractivity contribution in [2.45, 2.75) is 29.0 Å². The Labute approximate surface area is 113 Å². The van der Waals surface area contributed by atoms with E-state index in [1.54, 1.807) is 0 Å². The van der Waals surface area contributed by atoms with Gasteiger partial charge in [0, 0.05) is 23.8 Å². The second-order valence-electron chi connectivity index (χ2n) is 4.23. The zero-order valence-electron chi connectivity index (χ0n) is 9.66. The van der Waals surface area contributed by atoms with Crippen molar-refractivity contribution in [3.8, 4) is 5.06 Å². The molecule has 11 heteroatoms. The molecule has 0 amide bonds. The maximum absolute atomic E-state index is 13.4. The van der Waals surface area contributed by atoms with E-state index in [2.05, 4.69) is 4.74 Å². The van der Waals surface area contributed by atoms with Crippen LogP contribution < -0.4 is 4.74 Å². The summed E-state index contributed by atoms with van der Waals surface area (Å²) in [5.41, 5.74) is -1.33. The fourth-order valence-corrected chi connectivity index (χ4v) is 4.31. The Morgan fingerprint density at radius 2 is 1.95 bits per heavy atom. The topological polar surface area (TPSA) is 63.6 Å². The molecule has 2 rings (SSSR count). The van der Waals surface area contributed by atoms with Gasteiger partial charge in [0.25, 0.3) is 5.92 Å². The van der Waals surface area contributed by atoms with Gasteiger partial charge in [0.1, 0.15) is 10.3 Å². The van der Waals surface area contributed by atoms with Gasteiger partial charge in [-0.3, -0.25) is 0 Å². The molecule has 0 saturated heterocycles. The number of rotatable bonds is 2. The number of hydrogen-bond donors (Lipinski definition) is 1. The number of thiophene rings is 1. The number of hydrogen-bond acceptors (Lipinski definition) is 5. The van der Waals surface area contributed by atoms with E-state index in [0.29, 0.717) is 6.26 Å². The van der Waals surface area contributed by atoms with Gasteiger partial charge in [-0.2, -0.15) is 0 Å². The molecular weight excluding hydrogens is 331 g/mol. The Bertz CT molecular complexity index is 646. The molecule has 0 unspecified atom stereocenters. The van der Waals surface area contributed by atoms with Gasteiger partial charge in [0.05, 0.1) is 0 Å². The lowest BCUT2D eigenvalue weighted by Gasteiger charge is -2.14. The van der Waals surface area contributed by atoms with E-state index in [1.165, 1.54) is 0 Å². The van der Waals surface area contributed by atoms with Crippen LogP contribution in [0.25, 0.3) is 0 Å². The van der Waals surface area contributed by atoms with Crippen LogP contribution in [0.4, 0.5) is 22.0 Å². The van der Waals surface area contributed by atoms with Crippen LogP contribution in [0.1, 0.15) is 17.2 Å². The number of ether oxygens (including phenoxy) is 1. The summed E-state index contributed by atoms with van der Waals surface area (Å²) >= 11 is 0.0767. The smallest absolute Gasteiger partial charge is 0.395 e. The van der Waals surface area contributed by atoms with Gasteiger partial charge >= 0.3 is 6.36 Å². The lowest BCUT2D eigenvalue weighted by atomic mass is 10.2. The highest BCUT2D eigenvalue weighted by Gasteiger charge is 2.52. The van der Waals surface area contributed by atoms with Crippen LogP contribution in [-0.4, -0.2) is 32.1 Å². The van der Waals surface area contributed by atoms with Gasteiger partial charge in [-0.1, -0.05) is 11.3 Å². The first kappa shape index (κ1) is 15.4. The van der Waals surface area contributed by atoms with E-state index in [4.69, 9.17) is 0 Å². The lowest BCUT2D eigenvalue weighted by Crippen LogP contribution is -2.23. The SMILES string of the molecule is CS(=O)(=O)c1sc(OC(F)(F)F)c2c1[C@H](O)C(F)(F)C2. The summed E-state index contributed by atoms with van der Waals surface area (Å²) in [6, 6.07) is 0.